The summed E-state index contributed by atoms with van der Waals surface area (Å²) in [5, 5.41) is 3.08. The number of nitrogens with one attached hydrogen (secondary N) is 3. The SMILES string of the molecule is Cc1cccc(Cc2cnc(NC(=O)NNC(=O)Cc3cccnc3)s2)c1. The van der Waals surface area contributed by atoms with Crippen molar-refractivity contribution in [1.82, 2.24) is 20.8 Å². The maximum Gasteiger partial charge on any atom is 0.339 e. The highest BCUT2D eigenvalue weighted by atomic mass is 32.1. The van der Waals surface area contributed by atoms with Crippen LogP contribution in [0.1, 0.15) is 21.6 Å². The van der Waals surface area contributed by atoms with E-state index in [1.807, 2.05) is 6.07 Å². The third-order valence-corrected chi connectivity index (χ3v) is 4.55. The number of hydrogen-bond donors (Lipinski definition) is 3. The third-order valence-electron chi connectivity index (χ3n) is 3.64. The summed E-state index contributed by atoms with van der Waals surface area (Å²) in [5.74, 6) is -0.336. The number of thiazole rings is 1. The Hall–Kier alpha value is -3.26. The Morgan fingerprint density at radius 3 is 2.70 bits per heavy atom. The fourth-order valence-corrected chi connectivity index (χ4v) is 3.30. The quantitative estimate of drug-likeness (QED) is 0.592. The molecule has 3 aromatic rings. The van der Waals surface area contributed by atoms with E-state index in [4.69, 9.17) is 0 Å². The molecule has 0 aliphatic heterocycles. The topological polar surface area (TPSA) is 96.0 Å². The van der Waals surface area contributed by atoms with Crippen LogP contribution in [0.2, 0.25) is 0 Å². The van der Waals surface area contributed by atoms with Crippen LogP contribution in [0.15, 0.2) is 55.0 Å². The fourth-order valence-electron chi connectivity index (χ4n) is 2.46. The van der Waals surface area contributed by atoms with Gasteiger partial charge in [0.15, 0.2) is 5.13 Å². The zero-order valence-corrected chi connectivity index (χ0v) is 15.5. The van der Waals surface area contributed by atoms with Crippen molar-refractivity contribution in [3.8, 4) is 0 Å². The molecule has 3 N–H and O–H groups in total. The molecule has 0 saturated heterocycles. The standard InChI is InChI=1S/C19H19N5O2S/c1-13-4-2-5-14(8-13)9-16-12-21-19(27-16)22-18(26)24-23-17(25)10-15-6-3-7-20-11-15/h2-8,11-12H,9-10H2,1H3,(H,23,25)(H2,21,22,24,26). The predicted octanol–water partition coefficient (Wildman–Crippen LogP) is 2.83. The van der Waals surface area contributed by atoms with Gasteiger partial charge >= 0.3 is 6.03 Å². The molecule has 3 rings (SSSR count). The molecule has 8 heteroatoms. The van der Waals surface area contributed by atoms with E-state index in [1.165, 1.54) is 22.5 Å². The van der Waals surface area contributed by atoms with E-state index >= 15 is 0 Å². The van der Waals surface area contributed by atoms with E-state index in [9.17, 15) is 9.59 Å². The summed E-state index contributed by atoms with van der Waals surface area (Å²) in [7, 11) is 0. The van der Waals surface area contributed by atoms with Crippen molar-refractivity contribution >= 4 is 28.4 Å². The molecule has 0 spiro atoms. The number of rotatable bonds is 5. The molecule has 0 radical (unpaired) electrons. The normalized spacial score (nSPS) is 10.3. The summed E-state index contributed by atoms with van der Waals surface area (Å²) in [6, 6.07) is 11.2. The smallest absolute Gasteiger partial charge is 0.282 e. The number of aryl methyl sites for hydroxylation is 1. The van der Waals surface area contributed by atoms with Gasteiger partial charge in [0.25, 0.3) is 0 Å². The number of anilines is 1. The molecule has 0 bridgehead atoms. The van der Waals surface area contributed by atoms with Gasteiger partial charge in [-0.15, -0.1) is 11.3 Å². The summed E-state index contributed by atoms with van der Waals surface area (Å²) in [5.41, 5.74) is 7.83. The first-order valence-corrected chi connectivity index (χ1v) is 9.15. The second-order valence-electron chi connectivity index (χ2n) is 5.96. The zero-order chi connectivity index (χ0) is 19.1. The minimum Gasteiger partial charge on any atom is -0.282 e. The zero-order valence-electron chi connectivity index (χ0n) is 14.7. The molecule has 0 unspecified atom stereocenters. The monoisotopic (exact) mass is 381 g/mol. The van der Waals surface area contributed by atoms with Crippen LogP contribution in [0.25, 0.3) is 0 Å². The van der Waals surface area contributed by atoms with Gasteiger partial charge in [-0.2, -0.15) is 0 Å². The van der Waals surface area contributed by atoms with Gasteiger partial charge in [-0.05, 0) is 24.1 Å². The van der Waals surface area contributed by atoms with Crippen LogP contribution in [0.5, 0.6) is 0 Å². The highest BCUT2D eigenvalue weighted by Gasteiger charge is 2.09. The van der Waals surface area contributed by atoms with E-state index in [2.05, 4.69) is 51.3 Å². The van der Waals surface area contributed by atoms with Crippen molar-refractivity contribution in [3.63, 3.8) is 0 Å². The second-order valence-corrected chi connectivity index (χ2v) is 7.08. The van der Waals surface area contributed by atoms with Gasteiger partial charge < -0.3 is 0 Å². The molecule has 1 aromatic carbocycles. The minimum absolute atomic E-state index is 0.131. The van der Waals surface area contributed by atoms with Gasteiger partial charge in [0.1, 0.15) is 0 Å². The Kier molecular flexibility index (Phi) is 6.11. The van der Waals surface area contributed by atoms with E-state index in [0.29, 0.717) is 5.13 Å². The van der Waals surface area contributed by atoms with Crippen molar-refractivity contribution in [1.29, 1.82) is 0 Å². The van der Waals surface area contributed by atoms with Crippen molar-refractivity contribution < 1.29 is 9.59 Å². The number of hydrogen-bond acceptors (Lipinski definition) is 5. The first-order chi connectivity index (χ1) is 13.1. The van der Waals surface area contributed by atoms with Gasteiger partial charge in [-0.3, -0.25) is 20.5 Å². The lowest BCUT2D eigenvalue weighted by atomic mass is 10.1. The summed E-state index contributed by atoms with van der Waals surface area (Å²) in [4.78, 5) is 32.9. The number of urea groups is 1. The van der Waals surface area contributed by atoms with E-state index in [0.717, 1.165) is 16.9 Å². The number of carbonyl (C=O) groups is 2. The molecule has 2 heterocycles. The predicted molar refractivity (Wildman–Crippen MR) is 104 cm³/mol. The molecular weight excluding hydrogens is 362 g/mol. The van der Waals surface area contributed by atoms with Gasteiger partial charge in [-0.25, -0.2) is 15.2 Å². The van der Waals surface area contributed by atoms with E-state index < -0.39 is 6.03 Å². The lowest BCUT2D eigenvalue weighted by Crippen LogP contribution is -2.44. The van der Waals surface area contributed by atoms with Crippen molar-refractivity contribution in [2.24, 2.45) is 0 Å². The Labute approximate surface area is 160 Å². The fraction of sp³-hybridized carbons (Fsp3) is 0.158. The van der Waals surface area contributed by atoms with Gasteiger partial charge in [0.2, 0.25) is 5.91 Å². The van der Waals surface area contributed by atoms with Crippen LogP contribution in [-0.4, -0.2) is 21.9 Å². The minimum atomic E-state index is -0.550. The van der Waals surface area contributed by atoms with Crippen molar-refractivity contribution in [2.75, 3.05) is 5.32 Å². The number of amides is 3. The van der Waals surface area contributed by atoms with Crippen LogP contribution in [0.3, 0.4) is 0 Å². The van der Waals surface area contributed by atoms with Crippen LogP contribution in [0, 0.1) is 6.92 Å². The summed E-state index contributed by atoms with van der Waals surface area (Å²) in [6.45, 7) is 2.05. The Bertz CT molecular complexity index is 927. The number of benzene rings is 1. The first kappa shape index (κ1) is 18.5. The van der Waals surface area contributed by atoms with E-state index in [-0.39, 0.29) is 12.3 Å². The molecular formula is C19H19N5O2S. The molecule has 0 fully saturated rings. The third kappa shape index (κ3) is 5.89. The Balaban J connectivity index is 1.45. The largest absolute Gasteiger partial charge is 0.339 e. The number of aromatic nitrogens is 2. The van der Waals surface area contributed by atoms with Crippen molar-refractivity contribution in [3.05, 3.63) is 76.6 Å². The number of nitrogens with zero attached hydrogens (tertiary/aromatic N) is 2. The van der Waals surface area contributed by atoms with Crippen LogP contribution >= 0.6 is 11.3 Å². The summed E-state index contributed by atoms with van der Waals surface area (Å²) >= 11 is 1.39. The van der Waals surface area contributed by atoms with Crippen LogP contribution in [0.4, 0.5) is 9.93 Å². The maximum absolute atomic E-state index is 11.9. The Morgan fingerprint density at radius 1 is 1.07 bits per heavy atom. The van der Waals surface area contributed by atoms with Gasteiger partial charge in [-0.1, -0.05) is 35.9 Å². The Morgan fingerprint density at radius 2 is 1.93 bits per heavy atom. The molecule has 0 atom stereocenters. The second kappa shape index (κ2) is 8.91. The van der Waals surface area contributed by atoms with Gasteiger partial charge in [0.05, 0.1) is 6.42 Å². The highest BCUT2D eigenvalue weighted by Crippen LogP contribution is 2.21. The molecule has 2 aromatic heterocycles. The molecule has 0 aliphatic rings. The summed E-state index contributed by atoms with van der Waals surface area (Å²) in [6.07, 6.45) is 5.86. The van der Waals surface area contributed by atoms with Crippen LogP contribution < -0.4 is 16.2 Å². The molecule has 27 heavy (non-hydrogen) atoms. The lowest BCUT2D eigenvalue weighted by Gasteiger charge is -2.07. The average Bonchev–Trinajstić information content (AvgIpc) is 3.07. The maximum atomic E-state index is 11.9. The lowest BCUT2D eigenvalue weighted by molar-refractivity contribution is -0.121. The van der Waals surface area contributed by atoms with E-state index in [1.54, 1.807) is 30.7 Å². The number of pyridine rings is 1. The number of hydrazine groups is 1. The van der Waals surface area contributed by atoms with Crippen molar-refractivity contribution in [2.45, 2.75) is 19.8 Å². The van der Waals surface area contributed by atoms with Crippen LogP contribution in [-0.2, 0) is 17.6 Å². The first-order valence-electron chi connectivity index (χ1n) is 8.33. The molecule has 138 valence electrons. The number of carbonyl (C=O) groups excluding carboxylic acids is 2. The summed E-state index contributed by atoms with van der Waals surface area (Å²) < 4.78 is 0. The molecule has 3 amide bonds. The van der Waals surface area contributed by atoms with Gasteiger partial charge in [0, 0.05) is 29.9 Å². The molecule has 0 saturated carbocycles. The average molecular weight is 381 g/mol. The molecule has 7 nitrogen and oxygen atoms in total. The highest BCUT2D eigenvalue weighted by molar-refractivity contribution is 7.15. The molecule has 0 aliphatic carbocycles.